The number of hydrogen-bond donors (Lipinski definition) is 1. The molecule has 0 saturated carbocycles. The molecule has 1 aromatic rings. The zero-order valence-electron chi connectivity index (χ0n) is 10.2. The minimum atomic E-state index is 0.770. The second-order valence-electron chi connectivity index (χ2n) is 3.56. The van der Waals surface area contributed by atoms with Gasteiger partial charge in [-0.3, -0.25) is 0 Å². The van der Waals surface area contributed by atoms with Crippen LogP contribution in [0.2, 0.25) is 0 Å². The van der Waals surface area contributed by atoms with Gasteiger partial charge in [0.15, 0.2) is 0 Å². The van der Waals surface area contributed by atoms with Crippen LogP contribution in [0.3, 0.4) is 0 Å². The Balaban J connectivity index is 2.26. The highest BCUT2D eigenvalue weighted by atomic mass is 32.2. The summed E-state index contributed by atoms with van der Waals surface area (Å²) in [6.45, 7) is 5.91. The minimum Gasteiger partial charge on any atom is -0.383 e. The van der Waals surface area contributed by atoms with Crippen LogP contribution >= 0.6 is 11.8 Å². The number of aromatic nitrogens is 1. The lowest BCUT2D eigenvalue weighted by Crippen LogP contribution is -2.20. The Hall–Kier alpha value is -0.450. The van der Waals surface area contributed by atoms with Crippen molar-refractivity contribution in [2.24, 2.45) is 0 Å². The number of thioether (sulfide) groups is 1. The van der Waals surface area contributed by atoms with Crippen LogP contribution in [0.5, 0.6) is 0 Å². The third kappa shape index (κ3) is 5.05. The molecular weight excluding hydrogens is 220 g/mol. The minimum absolute atomic E-state index is 0.770. The molecule has 0 unspecified atom stereocenters. The lowest BCUT2D eigenvalue weighted by molar-refractivity contribution is 0.199. The molecule has 0 spiro atoms. The van der Waals surface area contributed by atoms with Crippen molar-refractivity contribution in [3.8, 4) is 0 Å². The fourth-order valence-corrected chi connectivity index (χ4v) is 2.14. The summed E-state index contributed by atoms with van der Waals surface area (Å²) in [4.78, 5) is 0. The standard InChI is InChI=1S/C12H22N2OS/c1-3-16-10-8-14-7-4-5-12(14)11-13-6-9-15-2/h4-5,7,13H,3,6,8-11H2,1-2H3. The summed E-state index contributed by atoms with van der Waals surface area (Å²) in [6, 6.07) is 4.29. The average molecular weight is 242 g/mol. The molecule has 4 heteroatoms. The molecule has 1 aromatic heterocycles. The molecule has 1 N–H and O–H groups in total. The Morgan fingerprint density at radius 1 is 1.50 bits per heavy atom. The maximum absolute atomic E-state index is 5.00. The Kier molecular flexibility index (Phi) is 7.38. The van der Waals surface area contributed by atoms with E-state index < -0.39 is 0 Å². The van der Waals surface area contributed by atoms with Crippen LogP contribution in [-0.4, -0.2) is 36.3 Å². The number of aryl methyl sites for hydroxylation is 1. The van der Waals surface area contributed by atoms with Crippen molar-refractivity contribution in [1.82, 2.24) is 9.88 Å². The van der Waals surface area contributed by atoms with Crippen LogP contribution in [0.15, 0.2) is 18.3 Å². The van der Waals surface area contributed by atoms with E-state index in [1.165, 1.54) is 17.2 Å². The summed E-state index contributed by atoms with van der Waals surface area (Å²) in [7, 11) is 1.73. The number of nitrogens with zero attached hydrogens (tertiary/aromatic N) is 1. The molecule has 0 saturated heterocycles. The molecule has 0 aliphatic carbocycles. The van der Waals surface area contributed by atoms with Crippen LogP contribution in [0, 0.1) is 0 Å². The smallest absolute Gasteiger partial charge is 0.0587 e. The lowest BCUT2D eigenvalue weighted by atomic mass is 10.4. The van der Waals surface area contributed by atoms with Crippen LogP contribution in [0.25, 0.3) is 0 Å². The van der Waals surface area contributed by atoms with Crippen LogP contribution in [-0.2, 0) is 17.8 Å². The normalized spacial score (nSPS) is 10.9. The highest BCUT2D eigenvalue weighted by Gasteiger charge is 1.99. The number of ether oxygens (including phenoxy) is 1. The van der Waals surface area contributed by atoms with E-state index in [4.69, 9.17) is 4.74 Å². The molecule has 16 heavy (non-hydrogen) atoms. The molecule has 0 aromatic carbocycles. The number of hydrogen-bond acceptors (Lipinski definition) is 3. The first kappa shape index (κ1) is 13.6. The van der Waals surface area contributed by atoms with Gasteiger partial charge in [0, 0.05) is 44.4 Å². The van der Waals surface area contributed by atoms with Crippen molar-refractivity contribution < 1.29 is 4.74 Å². The maximum atomic E-state index is 5.00. The van der Waals surface area contributed by atoms with Gasteiger partial charge >= 0.3 is 0 Å². The third-order valence-corrected chi connectivity index (χ3v) is 3.27. The predicted octanol–water partition coefficient (Wildman–Crippen LogP) is 1.98. The molecule has 0 fully saturated rings. The zero-order chi connectivity index (χ0) is 11.6. The van der Waals surface area contributed by atoms with Gasteiger partial charge in [-0.1, -0.05) is 6.92 Å². The first-order chi connectivity index (χ1) is 7.88. The first-order valence-electron chi connectivity index (χ1n) is 5.80. The van der Waals surface area contributed by atoms with Gasteiger partial charge < -0.3 is 14.6 Å². The van der Waals surface area contributed by atoms with E-state index in [2.05, 4.69) is 35.1 Å². The molecule has 3 nitrogen and oxygen atoms in total. The van der Waals surface area contributed by atoms with Gasteiger partial charge in [-0.25, -0.2) is 0 Å². The molecule has 0 amide bonds. The van der Waals surface area contributed by atoms with Crippen LogP contribution in [0.4, 0.5) is 0 Å². The molecular formula is C12H22N2OS. The largest absolute Gasteiger partial charge is 0.383 e. The van der Waals surface area contributed by atoms with E-state index in [-0.39, 0.29) is 0 Å². The molecule has 0 aliphatic rings. The van der Waals surface area contributed by atoms with Gasteiger partial charge in [-0.15, -0.1) is 0 Å². The number of rotatable bonds is 9. The first-order valence-corrected chi connectivity index (χ1v) is 6.95. The lowest BCUT2D eigenvalue weighted by Gasteiger charge is -2.09. The highest BCUT2D eigenvalue weighted by Crippen LogP contribution is 2.05. The monoisotopic (exact) mass is 242 g/mol. The highest BCUT2D eigenvalue weighted by molar-refractivity contribution is 7.99. The van der Waals surface area contributed by atoms with Crippen LogP contribution in [0.1, 0.15) is 12.6 Å². The summed E-state index contributed by atoms with van der Waals surface area (Å²) < 4.78 is 7.32. The molecule has 1 rings (SSSR count). The van der Waals surface area contributed by atoms with Crippen molar-refractivity contribution in [3.05, 3.63) is 24.0 Å². The number of nitrogens with one attached hydrogen (secondary N) is 1. The van der Waals surface area contributed by atoms with Crippen molar-refractivity contribution in [2.45, 2.75) is 20.0 Å². The fraction of sp³-hybridized carbons (Fsp3) is 0.667. The van der Waals surface area contributed by atoms with Gasteiger partial charge in [-0.2, -0.15) is 11.8 Å². The maximum Gasteiger partial charge on any atom is 0.0587 e. The van der Waals surface area contributed by atoms with Gasteiger partial charge in [0.2, 0.25) is 0 Å². The topological polar surface area (TPSA) is 26.2 Å². The summed E-state index contributed by atoms with van der Waals surface area (Å²) in [6.07, 6.45) is 2.16. The molecule has 0 aliphatic heterocycles. The Labute approximate surface area is 103 Å². The van der Waals surface area contributed by atoms with E-state index >= 15 is 0 Å². The second-order valence-corrected chi connectivity index (χ2v) is 4.95. The van der Waals surface area contributed by atoms with Crippen molar-refractivity contribution >= 4 is 11.8 Å². The van der Waals surface area contributed by atoms with Gasteiger partial charge in [0.1, 0.15) is 0 Å². The number of methoxy groups -OCH3 is 1. The fourth-order valence-electron chi connectivity index (χ4n) is 1.53. The predicted molar refractivity (Wildman–Crippen MR) is 71.0 cm³/mol. The molecule has 0 bridgehead atoms. The zero-order valence-corrected chi connectivity index (χ0v) is 11.1. The van der Waals surface area contributed by atoms with Crippen LogP contribution < -0.4 is 5.32 Å². The van der Waals surface area contributed by atoms with E-state index in [1.54, 1.807) is 7.11 Å². The average Bonchev–Trinajstić information content (AvgIpc) is 2.73. The van der Waals surface area contributed by atoms with E-state index in [0.717, 1.165) is 26.2 Å². The Morgan fingerprint density at radius 2 is 2.38 bits per heavy atom. The van der Waals surface area contributed by atoms with Gasteiger partial charge in [0.25, 0.3) is 0 Å². The van der Waals surface area contributed by atoms with Gasteiger partial charge in [-0.05, 0) is 17.9 Å². The summed E-state index contributed by atoms with van der Waals surface area (Å²) in [5.41, 5.74) is 1.35. The summed E-state index contributed by atoms with van der Waals surface area (Å²) in [5, 5.41) is 3.37. The van der Waals surface area contributed by atoms with E-state index in [1.807, 2.05) is 11.8 Å². The molecule has 92 valence electrons. The molecule has 0 atom stereocenters. The third-order valence-electron chi connectivity index (χ3n) is 2.39. The Bertz CT molecular complexity index is 276. The Morgan fingerprint density at radius 3 is 3.12 bits per heavy atom. The summed E-state index contributed by atoms with van der Waals surface area (Å²) in [5.74, 6) is 2.39. The SMILES string of the molecule is CCSCCn1cccc1CNCCOC. The quantitative estimate of drug-likeness (QED) is 0.671. The van der Waals surface area contributed by atoms with Crippen molar-refractivity contribution in [1.29, 1.82) is 0 Å². The molecule has 0 radical (unpaired) electrons. The van der Waals surface area contributed by atoms with Gasteiger partial charge in [0.05, 0.1) is 6.61 Å². The molecule has 1 heterocycles. The van der Waals surface area contributed by atoms with Crippen molar-refractivity contribution in [3.63, 3.8) is 0 Å². The van der Waals surface area contributed by atoms with E-state index in [0.29, 0.717) is 0 Å². The van der Waals surface area contributed by atoms with Crippen molar-refractivity contribution in [2.75, 3.05) is 31.8 Å². The second kappa shape index (κ2) is 8.67. The summed E-state index contributed by atoms with van der Waals surface area (Å²) >= 11 is 1.99. The van der Waals surface area contributed by atoms with E-state index in [9.17, 15) is 0 Å².